The third-order valence-corrected chi connectivity index (χ3v) is 4.69. The Bertz CT molecular complexity index is 513. The van der Waals surface area contributed by atoms with Gasteiger partial charge in [-0.3, -0.25) is 0 Å². The van der Waals surface area contributed by atoms with E-state index in [-0.39, 0.29) is 11.5 Å². The first-order valence-electron chi connectivity index (χ1n) is 6.11. The molecule has 0 spiro atoms. The van der Waals surface area contributed by atoms with E-state index in [0.29, 0.717) is 23.5 Å². The van der Waals surface area contributed by atoms with Gasteiger partial charge in [-0.2, -0.15) is 0 Å². The molecule has 1 aromatic rings. The molecule has 19 heavy (non-hydrogen) atoms. The van der Waals surface area contributed by atoms with Gasteiger partial charge in [0.05, 0.1) is 20.0 Å². The van der Waals surface area contributed by atoms with Gasteiger partial charge in [-0.15, -0.1) is 0 Å². The number of methoxy groups -OCH3 is 2. The Kier molecular flexibility index (Phi) is 5.62. The molecule has 5 nitrogen and oxygen atoms in total. The van der Waals surface area contributed by atoms with E-state index in [4.69, 9.17) is 15.2 Å². The van der Waals surface area contributed by atoms with Crippen LogP contribution in [0.5, 0.6) is 11.5 Å². The van der Waals surface area contributed by atoms with Crippen molar-refractivity contribution < 1.29 is 17.9 Å². The van der Waals surface area contributed by atoms with Crippen LogP contribution in [0, 0.1) is 0 Å². The number of nitrogens with two attached hydrogens (primary N) is 1. The predicted molar refractivity (Wildman–Crippen MR) is 75.4 cm³/mol. The van der Waals surface area contributed by atoms with Crippen molar-refractivity contribution in [1.82, 2.24) is 0 Å². The summed E-state index contributed by atoms with van der Waals surface area (Å²) in [4.78, 5) is 0. The minimum absolute atomic E-state index is 0.0798. The second-order valence-electron chi connectivity index (χ2n) is 4.33. The van der Waals surface area contributed by atoms with Crippen molar-refractivity contribution in [3.8, 4) is 11.5 Å². The molecule has 0 amide bonds. The van der Waals surface area contributed by atoms with E-state index in [1.165, 1.54) is 7.11 Å². The normalized spacial score (nSPS) is 13.1. The maximum Gasteiger partial charge on any atom is 0.152 e. The van der Waals surface area contributed by atoms with Crippen LogP contribution in [0.1, 0.15) is 24.9 Å². The molecule has 0 aliphatic heterocycles. The fourth-order valence-corrected chi connectivity index (χ4v) is 3.40. The Morgan fingerprint density at radius 3 is 2.47 bits per heavy atom. The van der Waals surface area contributed by atoms with E-state index < -0.39 is 15.9 Å². The van der Waals surface area contributed by atoms with E-state index in [0.717, 1.165) is 0 Å². The van der Waals surface area contributed by atoms with Crippen LogP contribution in [0.2, 0.25) is 0 Å². The van der Waals surface area contributed by atoms with Crippen molar-refractivity contribution in [3.05, 3.63) is 23.8 Å². The summed E-state index contributed by atoms with van der Waals surface area (Å²) in [5.41, 5.74) is 6.65. The lowest BCUT2D eigenvalue weighted by molar-refractivity contribution is 0.389. The van der Waals surface area contributed by atoms with Gasteiger partial charge >= 0.3 is 0 Å². The summed E-state index contributed by atoms with van der Waals surface area (Å²) in [5.74, 6) is 1.26. The molecule has 0 aromatic heterocycles. The molecule has 0 saturated carbocycles. The first-order valence-corrected chi connectivity index (χ1v) is 7.93. The Balaban J connectivity index is 2.96. The lowest BCUT2D eigenvalue weighted by Gasteiger charge is -2.16. The van der Waals surface area contributed by atoms with Gasteiger partial charge in [-0.1, -0.05) is 13.0 Å². The molecule has 2 N–H and O–H groups in total. The smallest absolute Gasteiger partial charge is 0.152 e. The van der Waals surface area contributed by atoms with E-state index in [9.17, 15) is 8.42 Å². The summed E-state index contributed by atoms with van der Waals surface area (Å²) in [7, 11) is -0.0565. The van der Waals surface area contributed by atoms with Gasteiger partial charge in [0.2, 0.25) is 0 Å². The average Bonchev–Trinajstić information content (AvgIpc) is 2.37. The molecule has 1 atom stereocenters. The predicted octanol–water partition coefficient (Wildman–Crippen LogP) is 1.53. The number of sulfone groups is 1. The second-order valence-corrected chi connectivity index (χ2v) is 6.56. The maximum absolute atomic E-state index is 11.8. The van der Waals surface area contributed by atoms with E-state index in [1.807, 2.05) is 6.92 Å². The van der Waals surface area contributed by atoms with Crippen LogP contribution in [0.25, 0.3) is 0 Å². The van der Waals surface area contributed by atoms with Crippen LogP contribution in [-0.2, 0) is 9.84 Å². The monoisotopic (exact) mass is 287 g/mol. The highest BCUT2D eigenvalue weighted by Gasteiger charge is 2.20. The molecule has 0 heterocycles. The zero-order valence-electron chi connectivity index (χ0n) is 11.5. The third-order valence-electron chi connectivity index (χ3n) is 2.79. The molecule has 1 rings (SSSR count). The average molecular weight is 287 g/mol. The fraction of sp³-hybridized carbons (Fsp3) is 0.538. The molecule has 0 aliphatic carbocycles. The van der Waals surface area contributed by atoms with Crippen molar-refractivity contribution in [3.63, 3.8) is 0 Å². The molecule has 0 fully saturated rings. The minimum Gasteiger partial charge on any atom is -0.497 e. The van der Waals surface area contributed by atoms with Gasteiger partial charge in [0, 0.05) is 23.4 Å². The SMILES string of the molecule is CCCS(=O)(=O)CC(N)c1ccc(OC)cc1OC. The zero-order valence-corrected chi connectivity index (χ0v) is 12.4. The quantitative estimate of drug-likeness (QED) is 0.822. The number of ether oxygens (including phenoxy) is 2. The number of benzene rings is 1. The third kappa shape index (κ3) is 4.40. The Labute approximate surface area is 114 Å². The van der Waals surface area contributed by atoms with Gasteiger partial charge in [0.25, 0.3) is 0 Å². The Morgan fingerprint density at radius 2 is 1.95 bits per heavy atom. The molecule has 108 valence electrons. The molecular weight excluding hydrogens is 266 g/mol. The first-order chi connectivity index (χ1) is 8.93. The molecule has 6 heteroatoms. The fourth-order valence-electron chi connectivity index (χ4n) is 1.88. The highest BCUT2D eigenvalue weighted by molar-refractivity contribution is 7.91. The molecule has 0 saturated heterocycles. The highest BCUT2D eigenvalue weighted by atomic mass is 32.2. The summed E-state index contributed by atoms with van der Waals surface area (Å²) in [6.07, 6.45) is 0.592. The van der Waals surface area contributed by atoms with Gasteiger partial charge in [-0.25, -0.2) is 8.42 Å². The van der Waals surface area contributed by atoms with Crippen LogP contribution in [0.4, 0.5) is 0 Å². The van der Waals surface area contributed by atoms with Crippen molar-refractivity contribution in [2.24, 2.45) is 5.73 Å². The number of hydrogen-bond acceptors (Lipinski definition) is 5. The first kappa shape index (κ1) is 15.8. The molecule has 0 aliphatic rings. The zero-order chi connectivity index (χ0) is 14.5. The Morgan fingerprint density at radius 1 is 1.26 bits per heavy atom. The molecule has 1 aromatic carbocycles. The standard InChI is InChI=1S/C13H21NO4S/c1-4-7-19(15,16)9-12(14)11-6-5-10(17-2)8-13(11)18-3/h5-6,8,12H,4,7,9,14H2,1-3H3. The van der Waals surface area contributed by atoms with Gasteiger partial charge in [0.1, 0.15) is 11.5 Å². The van der Waals surface area contributed by atoms with Crippen molar-refractivity contribution >= 4 is 9.84 Å². The molecule has 0 bridgehead atoms. The van der Waals surface area contributed by atoms with Crippen LogP contribution in [-0.4, -0.2) is 34.1 Å². The summed E-state index contributed by atoms with van der Waals surface area (Å²) < 4.78 is 33.9. The van der Waals surface area contributed by atoms with Crippen molar-refractivity contribution in [2.75, 3.05) is 25.7 Å². The molecule has 0 radical (unpaired) electrons. The highest BCUT2D eigenvalue weighted by Crippen LogP contribution is 2.29. The maximum atomic E-state index is 11.8. The topological polar surface area (TPSA) is 78.6 Å². The summed E-state index contributed by atoms with van der Waals surface area (Å²) >= 11 is 0. The van der Waals surface area contributed by atoms with Crippen LogP contribution >= 0.6 is 0 Å². The lowest BCUT2D eigenvalue weighted by atomic mass is 10.1. The van der Waals surface area contributed by atoms with E-state index in [1.54, 1.807) is 25.3 Å². The van der Waals surface area contributed by atoms with Crippen LogP contribution in [0.15, 0.2) is 18.2 Å². The Hall–Kier alpha value is -1.27. The number of hydrogen-bond donors (Lipinski definition) is 1. The second kappa shape index (κ2) is 6.77. The van der Waals surface area contributed by atoms with Crippen LogP contribution < -0.4 is 15.2 Å². The van der Waals surface area contributed by atoms with Crippen molar-refractivity contribution in [1.29, 1.82) is 0 Å². The van der Waals surface area contributed by atoms with Gasteiger partial charge in [-0.05, 0) is 12.5 Å². The van der Waals surface area contributed by atoms with Crippen molar-refractivity contribution in [2.45, 2.75) is 19.4 Å². The van der Waals surface area contributed by atoms with Gasteiger partial charge < -0.3 is 15.2 Å². The summed E-state index contributed by atoms with van der Waals surface area (Å²) in [6, 6.07) is 4.58. The minimum atomic E-state index is -3.13. The molecule has 1 unspecified atom stereocenters. The molecular formula is C13H21NO4S. The summed E-state index contributed by atoms with van der Waals surface area (Å²) in [6.45, 7) is 1.83. The summed E-state index contributed by atoms with van der Waals surface area (Å²) in [5, 5.41) is 0. The van der Waals surface area contributed by atoms with Crippen LogP contribution in [0.3, 0.4) is 0 Å². The lowest BCUT2D eigenvalue weighted by Crippen LogP contribution is -2.24. The van der Waals surface area contributed by atoms with E-state index >= 15 is 0 Å². The number of rotatable bonds is 7. The largest absolute Gasteiger partial charge is 0.497 e. The van der Waals surface area contributed by atoms with Gasteiger partial charge in [0.15, 0.2) is 9.84 Å². The van der Waals surface area contributed by atoms with E-state index in [2.05, 4.69) is 0 Å².